The molecule has 1 aromatic carbocycles. The van der Waals surface area contributed by atoms with Gasteiger partial charge in [0.2, 0.25) is 5.91 Å². The molecular weight excluding hydrogens is 456 g/mol. The summed E-state index contributed by atoms with van der Waals surface area (Å²) in [7, 11) is 0. The van der Waals surface area contributed by atoms with Crippen LogP contribution in [0, 0.1) is 25.7 Å². The van der Waals surface area contributed by atoms with E-state index < -0.39 is 0 Å². The third kappa shape index (κ3) is 4.56. The molecule has 0 N–H and O–H groups in total. The summed E-state index contributed by atoms with van der Waals surface area (Å²) in [4.78, 5) is 30.2. The van der Waals surface area contributed by atoms with Gasteiger partial charge in [0.1, 0.15) is 0 Å². The Balaban J connectivity index is 1.42. The second-order valence-electron chi connectivity index (χ2n) is 9.01. The van der Waals surface area contributed by atoms with Crippen LogP contribution in [0.15, 0.2) is 28.7 Å². The standard InChI is InChI=1S/C24H31BrN4O2/c1-16-8-12-27(13-9-16)23(30)19-10-14-28(15-11-19)24(31)22-17(2)26-29(18(22)3)21-6-4-20(25)5-7-21/h4-7,16,19H,8-15H2,1-3H3. The topological polar surface area (TPSA) is 58.4 Å². The van der Waals surface area contributed by atoms with Crippen molar-refractivity contribution in [1.29, 1.82) is 0 Å². The maximum atomic E-state index is 13.3. The number of benzene rings is 1. The molecule has 0 atom stereocenters. The first-order chi connectivity index (χ1) is 14.8. The SMILES string of the molecule is Cc1nn(-c2ccc(Br)cc2)c(C)c1C(=O)N1CCC(C(=O)N2CCC(C)CC2)CC1. The largest absolute Gasteiger partial charge is 0.342 e. The van der Waals surface area contributed by atoms with E-state index in [0.29, 0.717) is 24.6 Å². The van der Waals surface area contributed by atoms with Crippen LogP contribution in [0.1, 0.15) is 54.4 Å². The number of likely N-dealkylation sites (tertiary alicyclic amines) is 2. The summed E-state index contributed by atoms with van der Waals surface area (Å²) in [6.07, 6.45) is 3.69. The molecule has 2 amide bonds. The number of amides is 2. The molecule has 31 heavy (non-hydrogen) atoms. The van der Waals surface area contributed by atoms with Gasteiger partial charge < -0.3 is 9.80 Å². The lowest BCUT2D eigenvalue weighted by Gasteiger charge is -2.36. The quantitative estimate of drug-likeness (QED) is 0.647. The first-order valence-corrected chi connectivity index (χ1v) is 12.0. The van der Waals surface area contributed by atoms with Gasteiger partial charge in [-0.25, -0.2) is 4.68 Å². The first kappa shape index (κ1) is 22.1. The predicted molar refractivity (Wildman–Crippen MR) is 124 cm³/mol. The van der Waals surface area contributed by atoms with E-state index in [2.05, 4.69) is 28.0 Å². The van der Waals surface area contributed by atoms with Gasteiger partial charge in [0.25, 0.3) is 5.91 Å². The lowest BCUT2D eigenvalue weighted by atomic mass is 9.92. The highest BCUT2D eigenvalue weighted by Crippen LogP contribution is 2.26. The molecule has 1 aromatic heterocycles. The van der Waals surface area contributed by atoms with Gasteiger partial charge in [-0.3, -0.25) is 9.59 Å². The van der Waals surface area contributed by atoms with Crippen molar-refractivity contribution in [3.8, 4) is 5.69 Å². The number of aromatic nitrogens is 2. The van der Waals surface area contributed by atoms with Crippen molar-refractivity contribution in [1.82, 2.24) is 19.6 Å². The van der Waals surface area contributed by atoms with Crippen molar-refractivity contribution in [2.45, 2.75) is 46.5 Å². The number of hydrogen-bond acceptors (Lipinski definition) is 3. The van der Waals surface area contributed by atoms with E-state index in [9.17, 15) is 9.59 Å². The molecule has 0 spiro atoms. The van der Waals surface area contributed by atoms with E-state index in [1.165, 1.54) is 0 Å². The van der Waals surface area contributed by atoms with Gasteiger partial charge in [-0.05, 0) is 69.7 Å². The Morgan fingerprint density at radius 1 is 0.935 bits per heavy atom. The second-order valence-corrected chi connectivity index (χ2v) is 9.92. The Labute approximate surface area is 192 Å². The van der Waals surface area contributed by atoms with Crippen LogP contribution in [0.5, 0.6) is 0 Å². The van der Waals surface area contributed by atoms with Crippen molar-refractivity contribution in [3.63, 3.8) is 0 Å². The molecule has 2 saturated heterocycles. The van der Waals surface area contributed by atoms with Gasteiger partial charge in [0, 0.05) is 36.6 Å². The van der Waals surface area contributed by atoms with E-state index in [-0.39, 0.29) is 17.7 Å². The van der Waals surface area contributed by atoms with Gasteiger partial charge >= 0.3 is 0 Å². The van der Waals surface area contributed by atoms with Gasteiger partial charge in [-0.1, -0.05) is 22.9 Å². The fourth-order valence-electron chi connectivity index (χ4n) is 4.76. The Morgan fingerprint density at radius 2 is 1.52 bits per heavy atom. The summed E-state index contributed by atoms with van der Waals surface area (Å²) < 4.78 is 2.84. The molecule has 2 fully saturated rings. The number of hydrogen-bond donors (Lipinski definition) is 0. The molecule has 2 aliphatic rings. The van der Waals surface area contributed by atoms with Crippen molar-refractivity contribution in [2.75, 3.05) is 26.2 Å². The molecule has 2 aromatic rings. The van der Waals surface area contributed by atoms with E-state index in [1.54, 1.807) is 0 Å². The highest BCUT2D eigenvalue weighted by Gasteiger charge is 2.33. The Bertz CT molecular complexity index is 953. The zero-order chi connectivity index (χ0) is 22.1. The molecule has 7 heteroatoms. The van der Waals surface area contributed by atoms with Crippen LogP contribution >= 0.6 is 15.9 Å². The fourth-order valence-corrected chi connectivity index (χ4v) is 5.03. The van der Waals surface area contributed by atoms with Crippen LogP contribution in [0.2, 0.25) is 0 Å². The smallest absolute Gasteiger partial charge is 0.257 e. The number of carbonyl (C=O) groups is 2. The minimum atomic E-state index is 0.0241. The normalized spacial score (nSPS) is 18.5. The van der Waals surface area contributed by atoms with Crippen LogP contribution in [0.3, 0.4) is 0 Å². The Kier molecular flexibility index (Phi) is 6.51. The van der Waals surface area contributed by atoms with Crippen molar-refractivity contribution in [2.24, 2.45) is 11.8 Å². The van der Waals surface area contributed by atoms with Crippen LogP contribution in [-0.4, -0.2) is 57.6 Å². The number of piperidine rings is 2. The van der Waals surface area contributed by atoms with Crippen LogP contribution < -0.4 is 0 Å². The highest BCUT2D eigenvalue weighted by molar-refractivity contribution is 9.10. The number of aryl methyl sites for hydroxylation is 1. The third-order valence-corrected chi connectivity index (χ3v) is 7.33. The van der Waals surface area contributed by atoms with Gasteiger partial charge in [-0.15, -0.1) is 0 Å². The minimum Gasteiger partial charge on any atom is -0.342 e. The molecule has 6 nitrogen and oxygen atoms in total. The lowest BCUT2D eigenvalue weighted by Crippen LogP contribution is -2.46. The molecule has 4 rings (SSSR count). The number of rotatable bonds is 3. The Morgan fingerprint density at radius 3 is 2.13 bits per heavy atom. The van der Waals surface area contributed by atoms with Gasteiger partial charge in [-0.2, -0.15) is 5.10 Å². The third-order valence-electron chi connectivity index (χ3n) is 6.80. The van der Waals surface area contributed by atoms with Crippen molar-refractivity contribution in [3.05, 3.63) is 45.7 Å². The minimum absolute atomic E-state index is 0.0241. The van der Waals surface area contributed by atoms with Gasteiger partial charge in [0.05, 0.1) is 22.6 Å². The van der Waals surface area contributed by atoms with Crippen molar-refractivity contribution >= 4 is 27.7 Å². The molecule has 0 radical (unpaired) electrons. The molecule has 2 aliphatic heterocycles. The summed E-state index contributed by atoms with van der Waals surface area (Å²) >= 11 is 3.46. The van der Waals surface area contributed by atoms with E-state index >= 15 is 0 Å². The van der Waals surface area contributed by atoms with E-state index in [4.69, 9.17) is 0 Å². The molecular formula is C24H31BrN4O2. The number of carbonyl (C=O) groups excluding carboxylic acids is 2. The first-order valence-electron chi connectivity index (χ1n) is 11.3. The average Bonchev–Trinajstić information content (AvgIpc) is 3.08. The molecule has 0 aliphatic carbocycles. The zero-order valence-corrected chi connectivity index (χ0v) is 20.2. The van der Waals surface area contributed by atoms with Crippen LogP contribution in [-0.2, 0) is 4.79 Å². The van der Waals surface area contributed by atoms with Crippen LogP contribution in [0.25, 0.3) is 5.69 Å². The van der Waals surface area contributed by atoms with E-state index in [1.807, 2.05) is 52.6 Å². The average molecular weight is 487 g/mol. The second kappa shape index (κ2) is 9.15. The van der Waals surface area contributed by atoms with E-state index in [0.717, 1.165) is 60.3 Å². The maximum absolute atomic E-state index is 13.3. The molecule has 166 valence electrons. The number of halogens is 1. The summed E-state index contributed by atoms with van der Waals surface area (Å²) in [5.74, 6) is 1.07. The summed E-state index contributed by atoms with van der Waals surface area (Å²) in [5, 5.41) is 4.63. The highest BCUT2D eigenvalue weighted by atomic mass is 79.9. The lowest BCUT2D eigenvalue weighted by molar-refractivity contribution is -0.138. The number of nitrogens with zero attached hydrogens (tertiary/aromatic N) is 4. The molecule has 3 heterocycles. The van der Waals surface area contributed by atoms with Crippen molar-refractivity contribution < 1.29 is 9.59 Å². The fraction of sp³-hybridized carbons (Fsp3) is 0.542. The maximum Gasteiger partial charge on any atom is 0.257 e. The Hall–Kier alpha value is -2.15. The molecule has 0 bridgehead atoms. The summed E-state index contributed by atoms with van der Waals surface area (Å²) in [6, 6.07) is 7.91. The predicted octanol–water partition coefficient (Wildman–Crippen LogP) is 4.36. The molecule has 0 saturated carbocycles. The zero-order valence-electron chi connectivity index (χ0n) is 18.6. The molecule has 0 unspecified atom stereocenters. The van der Waals surface area contributed by atoms with Gasteiger partial charge in [0.15, 0.2) is 0 Å². The summed E-state index contributed by atoms with van der Waals surface area (Å²) in [6.45, 7) is 9.12. The monoisotopic (exact) mass is 486 g/mol. The summed E-state index contributed by atoms with van der Waals surface area (Å²) in [5.41, 5.74) is 3.21. The van der Waals surface area contributed by atoms with Crippen LogP contribution in [0.4, 0.5) is 0 Å².